The number of ether oxygens (including phenoxy) is 1. The number of halogens is 1. The summed E-state index contributed by atoms with van der Waals surface area (Å²) in [4.78, 5) is 6.65. The highest BCUT2D eigenvalue weighted by molar-refractivity contribution is 9.10. The first-order valence-corrected chi connectivity index (χ1v) is 7.02. The van der Waals surface area contributed by atoms with Gasteiger partial charge in [-0.05, 0) is 44.2 Å². The molecule has 1 aromatic heterocycles. The number of fused-ring (bicyclic) bond motifs is 1. The molecule has 0 aliphatic carbocycles. The molecule has 98 valence electrons. The standard InChI is InChI=1S/C15H15BrN2O/c1-15(2)10-18(14-5-3-4-8-17-14)12-9-11(16)6-7-13(12)19-15/h3-9H,10H2,1-2H3. The SMILES string of the molecule is CC1(C)CN(c2ccccn2)c2cc(Br)ccc2O1. The average molecular weight is 319 g/mol. The van der Waals surface area contributed by atoms with Crippen LogP contribution in [-0.4, -0.2) is 17.1 Å². The van der Waals surface area contributed by atoms with E-state index in [0.717, 1.165) is 28.3 Å². The summed E-state index contributed by atoms with van der Waals surface area (Å²) >= 11 is 3.52. The number of anilines is 2. The molecule has 2 heterocycles. The second-order valence-corrected chi connectivity index (χ2v) is 6.16. The van der Waals surface area contributed by atoms with E-state index in [0.29, 0.717) is 0 Å². The van der Waals surface area contributed by atoms with E-state index < -0.39 is 0 Å². The van der Waals surface area contributed by atoms with E-state index in [1.165, 1.54) is 0 Å². The van der Waals surface area contributed by atoms with Crippen LogP contribution >= 0.6 is 15.9 Å². The van der Waals surface area contributed by atoms with Crippen molar-refractivity contribution in [2.75, 3.05) is 11.4 Å². The number of aromatic nitrogens is 1. The Balaban J connectivity index is 2.12. The molecule has 0 fully saturated rings. The Bertz CT molecular complexity index is 598. The van der Waals surface area contributed by atoms with Crippen molar-refractivity contribution in [1.82, 2.24) is 4.98 Å². The normalized spacial score (nSPS) is 16.7. The summed E-state index contributed by atoms with van der Waals surface area (Å²) in [5.74, 6) is 1.84. The molecule has 0 radical (unpaired) electrons. The van der Waals surface area contributed by atoms with Crippen LogP contribution in [0.5, 0.6) is 5.75 Å². The topological polar surface area (TPSA) is 25.4 Å². The highest BCUT2D eigenvalue weighted by Gasteiger charge is 2.32. The van der Waals surface area contributed by atoms with Crippen LogP contribution in [0.1, 0.15) is 13.8 Å². The first-order chi connectivity index (χ1) is 9.05. The minimum atomic E-state index is -0.238. The van der Waals surface area contributed by atoms with Crippen molar-refractivity contribution in [3.63, 3.8) is 0 Å². The van der Waals surface area contributed by atoms with Crippen molar-refractivity contribution in [2.45, 2.75) is 19.4 Å². The highest BCUT2D eigenvalue weighted by atomic mass is 79.9. The van der Waals surface area contributed by atoms with Crippen LogP contribution in [0.25, 0.3) is 0 Å². The van der Waals surface area contributed by atoms with Crippen LogP contribution < -0.4 is 9.64 Å². The molecule has 0 N–H and O–H groups in total. The quantitative estimate of drug-likeness (QED) is 0.789. The third-order valence-corrected chi connectivity index (χ3v) is 3.56. The van der Waals surface area contributed by atoms with Crippen LogP contribution in [0, 0.1) is 0 Å². The maximum absolute atomic E-state index is 6.04. The predicted molar refractivity (Wildman–Crippen MR) is 80.1 cm³/mol. The van der Waals surface area contributed by atoms with Crippen molar-refractivity contribution >= 4 is 27.4 Å². The Hall–Kier alpha value is -1.55. The summed E-state index contributed by atoms with van der Waals surface area (Å²) in [7, 11) is 0. The van der Waals surface area contributed by atoms with E-state index in [9.17, 15) is 0 Å². The lowest BCUT2D eigenvalue weighted by Gasteiger charge is -2.40. The molecule has 0 unspecified atom stereocenters. The average Bonchev–Trinajstić information content (AvgIpc) is 2.39. The summed E-state index contributed by atoms with van der Waals surface area (Å²) in [6.07, 6.45) is 1.81. The minimum Gasteiger partial charge on any atom is -0.484 e. The van der Waals surface area contributed by atoms with Gasteiger partial charge in [0.2, 0.25) is 0 Å². The monoisotopic (exact) mass is 318 g/mol. The molecule has 3 nitrogen and oxygen atoms in total. The van der Waals surface area contributed by atoms with Crippen LogP contribution in [0.15, 0.2) is 47.1 Å². The van der Waals surface area contributed by atoms with Gasteiger partial charge in [0, 0.05) is 10.7 Å². The maximum atomic E-state index is 6.04. The van der Waals surface area contributed by atoms with Crippen molar-refractivity contribution in [2.24, 2.45) is 0 Å². The van der Waals surface area contributed by atoms with Gasteiger partial charge in [-0.2, -0.15) is 0 Å². The molecule has 19 heavy (non-hydrogen) atoms. The first-order valence-electron chi connectivity index (χ1n) is 6.22. The lowest BCUT2D eigenvalue weighted by Crippen LogP contribution is -2.45. The largest absolute Gasteiger partial charge is 0.484 e. The summed E-state index contributed by atoms with van der Waals surface area (Å²) < 4.78 is 7.07. The fourth-order valence-electron chi connectivity index (χ4n) is 2.30. The Morgan fingerprint density at radius 3 is 2.84 bits per heavy atom. The molecular weight excluding hydrogens is 304 g/mol. The van der Waals surface area contributed by atoms with Crippen LogP contribution in [0.4, 0.5) is 11.5 Å². The van der Waals surface area contributed by atoms with Crippen molar-refractivity contribution in [1.29, 1.82) is 0 Å². The van der Waals surface area contributed by atoms with Gasteiger partial charge in [0.1, 0.15) is 17.2 Å². The Morgan fingerprint density at radius 2 is 2.11 bits per heavy atom. The Kier molecular flexibility index (Phi) is 2.97. The van der Waals surface area contributed by atoms with E-state index in [1.54, 1.807) is 0 Å². The molecule has 0 atom stereocenters. The molecule has 1 aliphatic rings. The predicted octanol–water partition coefficient (Wildman–Crippen LogP) is 4.15. The molecule has 3 rings (SSSR count). The molecule has 0 amide bonds. The Morgan fingerprint density at radius 1 is 1.26 bits per heavy atom. The Labute approximate surface area is 121 Å². The third-order valence-electron chi connectivity index (χ3n) is 3.06. The fourth-order valence-corrected chi connectivity index (χ4v) is 2.65. The van der Waals surface area contributed by atoms with Gasteiger partial charge in [0.15, 0.2) is 0 Å². The van der Waals surface area contributed by atoms with E-state index in [4.69, 9.17) is 4.74 Å². The maximum Gasteiger partial charge on any atom is 0.143 e. The molecular formula is C15H15BrN2O. The van der Waals surface area contributed by atoms with Gasteiger partial charge in [-0.15, -0.1) is 0 Å². The van der Waals surface area contributed by atoms with Gasteiger partial charge in [-0.3, -0.25) is 0 Å². The molecule has 0 bridgehead atoms. The highest BCUT2D eigenvalue weighted by Crippen LogP contribution is 2.41. The van der Waals surface area contributed by atoms with E-state index in [1.807, 2.05) is 36.5 Å². The zero-order valence-electron chi connectivity index (χ0n) is 10.9. The van der Waals surface area contributed by atoms with Crippen molar-refractivity contribution in [3.05, 3.63) is 47.1 Å². The van der Waals surface area contributed by atoms with Crippen LogP contribution in [0.2, 0.25) is 0 Å². The zero-order valence-corrected chi connectivity index (χ0v) is 12.5. The van der Waals surface area contributed by atoms with Gasteiger partial charge in [-0.1, -0.05) is 22.0 Å². The first kappa shape index (κ1) is 12.5. The molecule has 4 heteroatoms. The lowest BCUT2D eigenvalue weighted by atomic mass is 10.1. The number of pyridine rings is 1. The fraction of sp³-hybridized carbons (Fsp3) is 0.267. The van der Waals surface area contributed by atoms with Crippen molar-refractivity contribution in [3.8, 4) is 5.75 Å². The van der Waals surface area contributed by atoms with Crippen LogP contribution in [0.3, 0.4) is 0 Å². The smallest absolute Gasteiger partial charge is 0.143 e. The number of benzene rings is 1. The van der Waals surface area contributed by atoms with Gasteiger partial charge < -0.3 is 9.64 Å². The lowest BCUT2D eigenvalue weighted by molar-refractivity contribution is 0.108. The van der Waals surface area contributed by atoms with E-state index in [-0.39, 0.29) is 5.60 Å². The molecule has 0 saturated heterocycles. The summed E-state index contributed by atoms with van der Waals surface area (Å²) in [5.41, 5.74) is 0.811. The summed E-state index contributed by atoms with van der Waals surface area (Å²) in [6.45, 7) is 4.95. The van der Waals surface area contributed by atoms with Gasteiger partial charge in [-0.25, -0.2) is 4.98 Å². The zero-order chi connectivity index (χ0) is 13.5. The molecule has 1 aliphatic heterocycles. The summed E-state index contributed by atoms with van der Waals surface area (Å²) in [6, 6.07) is 12.0. The van der Waals surface area contributed by atoms with Crippen LogP contribution in [-0.2, 0) is 0 Å². The summed E-state index contributed by atoms with van der Waals surface area (Å²) in [5, 5.41) is 0. The molecule has 0 spiro atoms. The molecule has 2 aromatic rings. The number of hydrogen-bond donors (Lipinski definition) is 0. The van der Waals surface area contributed by atoms with E-state index >= 15 is 0 Å². The van der Waals surface area contributed by atoms with Gasteiger partial charge in [0.25, 0.3) is 0 Å². The van der Waals surface area contributed by atoms with Crippen molar-refractivity contribution < 1.29 is 4.74 Å². The van der Waals surface area contributed by atoms with Gasteiger partial charge >= 0.3 is 0 Å². The van der Waals surface area contributed by atoms with E-state index in [2.05, 4.69) is 45.7 Å². The molecule has 0 saturated carbocycles. The number of nitrogens with zero attached hydrogens (tertiary/aromatic N) is 2. The second kappa shape index (κ2) is 4.53. The molecule has 1 aromatic carbocycles. The minimum absolute atomic E-state index is 0.238. The number of rotatable bonds is 1. The second-order valence-electron chi connectivity index (χ2n) is 5.25. The van der Waals surface area contributed by atoms with Gasteiger partial charge in [0.05, 0.1) is 12.2 Å². The third kappa shape index (κ3) is 2.45. The number of hydrogen-bond acceptors (Lipinski definition) is 3.